The lowest BCUT2D eigenvalue weighted by molar-refractivity contribution is 0.0867. The van der Waals surface area contributed by atoms with E-state index in [4.69, 9.17) is 9.84 Å². The molecule has 1 aromatic rings. The number of nitrogens with one attached hydrogen (secondary N) is 1. The molecular weight excluding hydrogens is 300 g/mol. The van der Waals surface area contributed by atoms with E-state index < -0.39 is 0 Å². The molecule has 100 valence electrons. The SMILES string of the molecule is Cc1ccc(C(=O)NCCCOCCO)c(Br)n1. The summed E-state index contributed by atoms with van der Waals surface area (Å²) in [5.41, 5.74) is 1.38. The molecule has 1 aromatic heterocycles. The van der Waals surface area contributed by atoms with E-state index in [1.165, 1.54) is 0 Å². The zero-order valence-corrected chi connectivity index (χ0v) is 11.9. The highest BCUT2D eigenvalue weighted by atomic mass is 79.9. The van der Waals surface area contributed by atoms with Crippen molar-refractivity contribution in [3.63, 3.8) is 0 Å². The summed E-state index contributed by atoms with van der Waals surface area (Å²) in [6.45, 7) is 3.28. The van der Waals surface area contributed by atoms with Crippen LogP contribution in [0.15, 0.2) is 16.7 Å². The Labute approximate surface area is 115 Å². The fraction of sp³-hybridized carbons (Fsp3) is 0.500. The number of aryl methyl sites for hydroxylation is 1. The first-order valence-electron chi connectivity index (χ1n) is 5.75. The lowest BCUT2D eigenvalue weighted by Crippen LogP contribution is -2.26. The summed E-state index contributed by atoms with van der Waals surface area (Å²) in [6, 6.07) is 3.54. The highest BCUT2D eigenvalue weighted by Crippen LogP contribution is 2.14. The highest BCUT2D eigenvalue weighted by molar-refractivity contribution is 9.10. The first-order chi connectivity index (χ1) is 8.65. The average molecular weight is 317 g/mol. The van der Waals surface area contributed by atoms with E-state index in [-0.39, 0.29) is 12.5 Å². The Hall–Kier alpha value is -0.980. The molecule has 5 nitrogen and oxygen atoms in total. The van der Waals surface area contributed by atoms with Crippen LogP contribution in [0, 0.1) is 6.92 Å². The van der Waals surface area contributed by atoms with Gasteiger partial charge in [0.2, 0.25) is 0 Å². The van der Waals surface area contributed by atoms with E-state index in [2.05, 4.69) is 26.2 Å². The third kappa shape index (κ3) is 5.12. The van der Waals surface area contributed by atoms with Crippen molar-refractivity contribution in [2.24, 2.45) is 0 Å². The van der Waals surface area contributed by atoms with Crippen molar-refractivity contribution >= 4 is 21.8 Å². The van der Waals surface area contributed by atoms with Crippen LogP contribution in [0.3, 0.4) is 0 Å². The second-order valence-electron chi connectivity index (χ2n) is 3.74. The number of carbonyl (C=O) groups is 1. The van der Waals surface area contributed by atoms with E-state index in [0.717, 1.165) is 5.69 Å². The number of hydrogen-bond donors (Lipinski definition) is 2. The largest absolute Gasteiger partial charge is 0.394 e. The lowest BCUT2D eigenvalue weighted by Gasteiger charge is -2.07. The molecule has 0 atom stereocenters. The van der Waals surface area contributed by atoms with E-state index in [1.54, 1.807) is 12.1 Å². The van der Waals surface area contributed by atoms with Crippen LogP contribution in [0.4, 0.5) is 0 Å². The molecule has 0 saturated heterocycles. The number of nitrogens with zero attached hydrogens (tertiary/aromatic N) is 1. The summed E-state index contributed by atoms with van der Waals surface area (Å²) in [5, 5.41) is 11.3. The van der Waals surface area contributed by atoms with Crippen molar-refractivity contribution in [2.75, 3.05) is 26.4 Å². The van der Waals surface area contributed by atoms with Gasteiger partial charge in [0.25, 0.3) is 5.91 Å². The second-order valence-corrected chi connectivity index (χ2v) is 4.49. The molecule has 2 N–H and O–H groups in total. The number of aromatic nitrogens is 1. The molecule has 1 rings (SSSR count). The van der Waals surface area contributed by atoms with Gasteiger partial charge in [-0.05, 0) is 41.4 Å². The van der Waals surface area contributed by atoms with Crippen molar-refractivity contribution in [1.82, 2.24) is 10.3 Å². The van der Waals surface area contributed by atoms with Crippen molar-refractivity contribution in [2.45, 2.75) is 13.3 Å². The number of halogens is 1. The zero-order valence-electron chi connectivity index (χ0n) is 10.3. The Morgan fingerprint density at radius 1 is 1.50 bits per heavy atom. The molecule has 0 unspecified atom stereocenters. The molecule has 0 radical (unpaired) electrons. The van der Waals surface area contributed by atoms with Crippen molar-refractivity contribution in [3.8, 4) is 0 Å². The third-order valence-corrected chi connectivity index (χ3v) is 2.82. The van der Waals surface area contributed by atoms with Gasteiger partial charge in [-0.1, -0.05) is 0 Å². The Balaban J connectivity index is 2.32. The summed E-state index contributed by atoms with van der Waals surface area (Å²) >= 11 is 3.27. The molecular formula is C12H17BrN2O3. The van der Waals surface area contributed by atoms with Crippen LogP contribution in [0.25, 0.3) is 0 Å². The van der Waals surface area contributed by atoms with Gasteiger partial charge >= 0.3 is 0 Å². The van der Waals surface area contributed by atoms with E-state index in [1.807, 2.05) is 6.92 Å². The Bertz CT molecular complexity index is 399. The van der Waals surface area contributed by atoms with Crippen LogP contribution < -0.4 is 5.32 Å². The standard InChI is InChI=1S/C12H17BrN2O3/c1-9-3-4-10(11(13)15-9)12(17)14-5-2-7-18-8-6-16/h3-4,16H,2,5-8H2,1H3,(H,14,17). The fourth-order valence-corrected chi connectivity index (χ4v) is 1.92. The average Bonchev–Trinajstić information content (AvgIpc) is 2.33. The summed E-state index contributed by atoms with van der Waals surface area (Å²) in [6.07, 6.45) is 0.711. The number of aliphatic hydroxyl groups is 1. The van der Waals surface area contributed by atoms with E-state index in [0.29, 0.717) is 36.3 Å². The molecule has 0 fully saturated rings. The number of pyridine rings is 1. The molecule has 0 saturated carbocycles. The first-order valence-corrected chi connectivity index (χ1v) is 6.54. The molecule has 18 heavy (non-hydrogen) atoms. The Kier molecular flexibility index (Phi) is 6.85. The minimum Gasteiger partial charge on any atom is -0.394 e. The van der Waals surface area contributed by atoms with Crippen molar-refractivity contribution < 1.29 is 14.6 Å². The predicted octanol–water partition coefficient (Wildman–Crippen LogP) is 1.28. The van der Waals surface area contributed by atoms with Gasteiger partial charge in [-0.15, -0.1) is 0 Å². The smallest absolute Gasteiger partial charge is 0.254 e. The highest BCUT2D eigenvalue weighted by Gasteiger charge is 2.10. The van der Waals surface area contributed by atoms with Gasteiger partial charge in [-0.25, -0.2) is 4.98 Å². The summed E-state index contributed by atoms with van der Waals surface area (Å²) in [5.74, 6) is -0.156. The Morgan fingerprint density at radius 2 is 2.28 bits per heavy atom. The van der Waals surface area contributed by atoms with Crippen LogP contribution in [-0.4, -0.2) is 42.4 Å². The molecule has 1 amide bonds. The first kappa shape index (κ1) is 15.1. The zero-order chi connectivity index (χ0) is 13.4. The van der Waals surface area contributed by atoms with Crippen LogP contribution in [0.2, 0.25) is 0 Å². The number of ether oxygens (including phenoxy) is 1. The summed E-state index contributed by atoms with van der Waals surface area (Å²) < 4.78 is 5.64. The molecule has 6 heteroatoms. The second kappa shape index (κ2) is 8.18. The van der Waals surface area contributed by atoms with Gasteiger partial charge in [0.15, 0.2) is 0 Å². The van der Waals surface area contributed by atoms with Gasteiger partial charge in [-0.2, -0.15) is 0 Å². The number of rotatable bonds is 7. The van der Waals surface area contributed by atoms with Crippen LogP contribution in [0.1, 0.15) is 22.5 Å². The molecule has 0 aliphatic carbocycles. The normalized spacial score (nSPS) is 10.4. The van der Waals surface area contributed by atoms with Crippen LogP contribution in [-0.2, 0) is 4.74 Å². The molecule has 0 bridgehead atoms. The van der Waals surface area contributed by atoms with E-state index >= 15 is 0 Å². The number of carbonyl (C=O) groups excluding carboxylic acids is 1. The number of aliphatic hydroxyl groups excluding tert-OH is 1. The van der Waals surface area contributed by atoms with Gasteiger partial charge in [-0.3, -0.25) is 4.79 Å². The van der Waals surface area contributed by atoms with Crippen LogP contribution in [0.5, 0.6) is 0 Å². The Morgan fingerprint density at radius 3 is 2.94 bits per heavy atom. The van der Waals surface area contributed by atoms with Gasteiger partial charge < -0.3 is 15.2 Å². The summed E-state index contributed by atoms with van der Waals surface area (Å²) in [4.78, 5) is 16.0. The quantitative estimate of drug-likeness (QED) is 0.587. The lowest BCUT2D eigenvalue weighted by atomic mass is 10.2. The minimum absolute atomic E-state index is 0.0222. The maximum absolute atomic E-state index is 11.8. The molecule has 0 aliphatic heterocycles. The minimum atomic E-state index is -0.156. The topological polar surface area (TPSA) is 71.5 Å². The van der Waals surface area contributed by atoms with Gasteiger partial charge in [0, 0.05) is 18.8 Å². The van der Waals surface area contributed by atoms with Gasteiger partial charge in [0.1, 0.15) is 4.60 Å². The third-order valence-electron chi connectivity index (χ3n) is 2.22. The van der Waals surface area contributed by atoms with Crippen molar-refractivity contribution in [1.29, 1.82) is 0 Å². The maximum atomic E-state index is 11.8. The van der Waals surface area contributed by atoms with Gasteiger partial charge in [0.05, 0.1) is 18.8 Å². The maximum Gasteiger partial charge on any atom is 0.254 e. The molecule has 1 heterocycles. The van der Waals surface area contributed by atoms with Crippen molar-refractivity contribution in [3.05, 3.63) is 28.0 Å². The van der Waals surface area contributed by atoms with E-state index in [9.17, 15) is 4.79 Å². The predicted molar refractivity (Wildman–Crippen MR) is 71.5 cm³/mol. The number of amides is 1. The number of hydrogen-bond acceptors (Lipinski definition) is 4. The molecule has 0 aliphatic rings. The summed E-state index contributed by atoms with van der Waals surface area (Å²) in [7, 11) is 0. The molecule has 0 spiro atoms. The molecule has 0 aromatic carbocycles. The monoisotopic (exact) mass is 316 g/mol. The van der Waals surface area contributed by atoms with Crippen LogP contribution >= 0.6 is 15.9 Å². The fourth-order valence-electron chi connectivity index (χ4n) is 1.33.